The molecule has 180 valence electrons. The minimum Gasteiger partial charge on any atom is -0.478 e. The second-order valence-corrected chi connectivity index (χ2v) is 7.94. The van der Waals surface area contributed by atoms with Gasteiger partial charge in [0.15, 0.2) is 0 Å². The van der Waals surface area contributed by atoms with Crippen LogP contribution >= 0.6 is 0 Å². The predicted molar refractivity (Wildman–Crippen MR) is 123 cm³/mol. The van der Waals surface area contributed by atoms with Crippen LogP contribution in [0.1, 0.15) is 48.5 Å². The number of carboxylic acids is 1. The maximum absolute atomic E-state index is 13.7. The van der Waals surface area contributed by atoms with Crippen LogP contribution in [0.25, 0.3) is 11.1 Å². The van der Waals surface area contributed by atoms with E-state index in [0.29, 0.717) is 30.8 Å². The fourth-order valence-corrected chi connectivity index (χ4v) is 3.50. The number of hydrogen-bond donors (Lipinski definition) is 2. The molecule has 33 heavy (non-hydrogen) atoms. The highest BCUT2D eigenvalue weighted by molar-refractivity contribution is 6.01. The number of nitrogens with one attached hydrogen (secondary N) is 1. The van der Waals surface area contributed by atoms with Gasteiger partial charge in [-0.2, -0.15) is 5.10 Å². The van der Waals surface area contributed by atoms with Gasteiger partial charge in [-0.3, -0.25) is 9.48 Å². The first-order valence-electron chi connectivity index (χ1n) is 10.7. The molecule has 2 aromatic rings. The van der Waals surface area contributed by atoms with Crippen molar-refractivity contribution in [2.45, 2.75) is 45.5 Å². The highest BCUT2D eigenvalue weighted by Crippen LogP contribution is 2.34. The molecule has 0 bridgehead atoms. The normalized spacial score (nSPS) is 15.2. The van der Waals surface area contributed by atoms with Gasteiger partial charge < -0.3 is 15.3 Å². The fraction of sp³-hybridized carbons (Fsp3) is 0.478. The Kier molecular flexibility index (Phi) is 8.67. The second-order valence-electron chi connectivity index (χ2n) is 7.94. The molecule has 1 fully saturated rings. The molecule has 1 saturated heterocycles. The quantitative estimate of drug-likeness (QED) is 0.654. The van der Waals surface area contributed by atoms with Crippen molar-refractivity contribution in [2.24, 2.45) is 7.05 Å². The molecule has 0 aliphatic carbocycles. The molecular weight excluding hydrogens is 432 g/mol. The summed E-state index contributed by atoms with van der Waals surface area (Å²) in [6.07, 6.45) is 5.78. The van der Waals surface area contributed by atoms with E-state index in [2.05, 4.69) is 22.0 Å². The van der Waals surface area contributed by atoms with Gasteiger partial charge in [0.2, 0.25) is 5.92 Å². The van der Waals surface area contributed by atoms with E-state index in [9.17, 15) is 18.4 Å². The molecule has 0 radical (unpaired) electrons. The van der Waals surface area contributed by atoms with Crippen molar-refractivity contribution in [2.75, 3.05) is 25.0 Å². The Balaban J connectivity index is 0.000000479. The molecule has 0 spiro atoms. The van der Waals surface area contributed by atoms with Crippen molar-refractivity contribution in [3.63, 3.8) is 0 Å². The summed E-state index contributed by atoms with van der Waals surface area (Å²) < 4.78 is 29.1. The zero-order chi connectivity index (χ0) is 24.8. The summed E-state index contributed by atoms with van der Waals surface area (Å²) in [7, 11) is 3.37. The molecule has 0 atom stereocenters. The number of amides is 1. The first kappa shape index (κ1) is 26.0. The Morgan fingerprint density at radius 2 is 1.97 bits per heavy atom. The SMILES string of the molecule is C=C(CC)C(=O)O.CNC(=O)c1c(N2CCCC(F)(F)CC2)ncc(-c2cnn(C)c2)c1C. The lowest BCUT2D eigenvalue weighted by Crippen LogP contribution is -2.31. The van der Waals surface area contributed by atoms with Gasteiger partial charge in [-0.05, 0) is 25.3 Å². The Morgan fingerprint density at radius 1 is 1.27 bits per heavy atom. The maximum atomic E-state index is 13.7. The molecule has 0 aromatic carbocycles. The monoisotopic (exact) mass is 463 g/mol. The maximum Gasteiger partial charge on any atom is 0.330 e. The Hall–Kier alpha value is -3.30. The third-order valence-electron chi connectivity index (χ3n) is 5.54. The number of aryl methyl sites for hydroxylation is 1. The molecule has 3 heterocycles. The van der Waals surface area contributed by atoms with E-state index in [4.69, 9.17) is 5.11 Å². The molecular formula is C23H31F2N5O3. The number of nitrogens with zero attached hydrogens (tertiary/aromatic N) is 4. The number of anilines is 1. The van der Waals surface area contributed by atoms with E-state index in [0.717, 1.165) is 16.7 Å². The van der Waals surface area contributed by atoms with Gasteiger partial charge in [0.05, 0.1) is 11.8 Å². The van der Waals surface area contributed by atoms with Crippen molar-refractivity contribution in [1.82, 2.24) is 20.1 Å². The highest BCUT2D eigenvalue weighted by atomic mass is 19.3. The average Bonchev–Trinajstić information content (AvgIpc) is 3.11. The number of hydrogen-bond acceptors (Lipinski definition) is 5. The molecule has 10 heteroatoms. The summed E-state index contributed by atoms with van der Waals surface area (Å²) in [4.78, 5) is 28.7. The van der Waals surface area contributed by atoms with E-state index >= 15 is 0 Å². The van der Waals surface area contributed by atoms with Crippen LogP contribution in [0.5, 0.6) is 0 Å². The summed E-state index contributed by atoms with van der Waals surface area (Å²) in [6, 6.07) is 0. The van der Waals surface area contributed by atoms with E-state index in [1.807, 2.05) is 20.2 Å². The van der Waals surface area contributed by atoms with Gasteiger partial charge >= 0.3 is 5.97 Å². The van der Waals surface area contributed by atoms with E-state index in [1.54, 1.807) is 35.9 Å². The lowest BCUT2D eigenvalue weighted by molar-refractivity contribution is -0.132. The van der Waals surface area contributed by atoms with Crippen LogP contribution < -0.4 is 10.2 Å². The van der Waals surface area contributed by atoms with E-state index in [1.165, 1.54) is 0 Å². The number of alkyl halides is 2. The molecule has 8 nitrogen and oxygen atoms in total. The smallest absolute Gasteiger partial charge is 0.330 e. The van der Waals surface area contributed by atoms with Crippen molar-refractivity contribution in [1.29, 1.82) is 0 Å². The van der Waals surface area contributed by atoms with Gasteiger partial charge in [0.1, 0.15) is 5.82 Å². The van der Waals surface area contributed by atoms with Crippen LogP contribution in [0.4, 0.5) is 14.6 Å². The number of halogens is 2. The first-order valence-corrected chi connectivity index (χ1v) is 10.7. The lowest BCUT2D eigenvalue weighted by atomic mass is 10.00. The summed E-state index contributed by atoms with van der Waals surface area (Å²) in [6.45, 7) is 7.52. The van der Waals surface area contributed by atoms with Crippen molar-refractivity contribution in [3.8, 4) is 11.1 Å². The Labute approximate surface area is 192 Å². The molecule has 0 saturated carbocycles. The highest BCUT2D eigenvalue weighted by Gasteiger charge is 2.33. The van der Waals surface area contributed by atoms with Crippen LogP contribution in [0.15, 0.2) is 30.7 Å². The molecule has 1 aliphatic heterocycles. The van der Waals surface area contributed by atoms with Crippen molar-refractivity contribution in [3.05, 3.63) is 41.9 Å². The number of carboxylic acid groups (broad SMARTS) is 1. The van der Waals surface area contributed by atoms with Gasteiger partial charge in [-0.25, -0.2) is 18.6 Å². The van der Waals surface area contributed by atoms with Gasteiger partial charge in [-0.1, -0.05) is 13.5 Å². The summed E-state index contributed by atoms with van der Waals surface area (Å²) in [5.74, 6) is -3.37. The standard InChI is InChI=1S/C18H23F2N5O.C5H8O2/c1-12-14(13-9-23-24(3)11-13)10-22-16(15(12)17(26)21-2)25-7-4-5-18(19,20)6-8-25;1-3-4(2)5(6)7/h9-11H,4-8H2,1-3H3,(H,21,26);2-3H2,1H3,(H,6,7). The zero-order valence-electron chi connectivity index (χ0n) is 19.5. The van der Waals surface area contributed by atoms with Crippen molar-refractivity contribution >= 4 is 17.7 Å². The van der Waals surface area contributed by atoms with Gasteiger partial charge in [0.25, 0.3) is 5.91 Å². The topological polar surface area (TPSA) is 100 Å². The van der Waals surface area contributed by atoms with Gasteiger partial charge in [-0.15, -0.1) is 0 Å². The average molecular weight is 464 g/mol. The molecule has 2 aromatic heterocycles. The second kappa shape index (κ2) is 11.0. The van der Waals surface area contributed by atoms with Gasteiger partial charge in [0, 0.05) is 69.1 Å². The summed E-state index contributed by atoms with van der Waals surface area (Å²) >= 11 is 0. The van der Waals surface area contributed by atoms with Crippen LogP contribution in [0, 0.1) is 6.92 Å². The Morgan fingerprint density at radius 3 is 2.48 bits per heavy atom. The zero-order valence-corrected chi connectivity index (χ0v) is 19.5. The number of aromatic nitrogens is 3. The Bertz CT molecular complexity index is 1020. The minimum atomic E-state index is -2.66. The number of rotatable bonds is 5. The molecule has 0 unspecified atom stereocenters. The fourth-order valence-electron chi connectivity index (χ4n) is 3.50. The minimum absolute atomic E-state index is 0.133. The van der Waals surface area contributed by atoms with Crippen molar-refractivity contribution < 1.29 is 23.5 Å². The van der Waals surface area contributed by atoms with Crippen LogP contribution in [0.2, 0.25) is 0 Å². The van der Waals surface area contributed by atoms with Crippen LogP contribution in [0.3, 0.4) is 0 Å². The van der Waals surface area contributed by atoms with Crippen LogP contribution in [-0.2, 0) is 11.8 Å². The lowest BCUT2D eigenvalue weighted by Gasteiger charge is -2.25. The van der Waals surface area contributed by atoms with E-state index < -0.39 is 11.9 Å². The number of pyridine rings is 1. The number of aliphatic carboxylic acids is 1. The number of carbonyl (C=O) groups is 2. The third-order valence-corrected chi connectivity index (χ3v) is 5.54. The van der Waals surface area contributed by atoms with Crippen LogP contribution in [-0.4, -0.2) is 57.8 Å². The molecule has 3 rings (SSSR count). The van der Waals surface area contributed by atoms with E-state index in [-0.39, 0.29) is 30.9 Å². The summed E-state index contributed by atoms with van der Waals surface area (Å²) in [5, 5.41) is 14.9. The molecule has 1 aliphatic rings. The third kappa shape index (κ3) is 6.59. The first-order chi connectivity index (χ1) is 15.5. The molecule has 1 amide bonds. The predicted octanol–water partition coefficient (Wildman–Crippen LogP) is 3.81. The summed E-state index contributed by atoms with van der Waals surface area (Å²) in [5.41, 5.74) is 3.12. The largest absolute Gasteiger partial charge is 0.478 e. The number of carbonyl (C=O) groups excluding carboxylic acids is 1. The molecule has 2 N–H and O–H groups in total.